The van der Waals surface area contributed by atoms with E-state index in [9.17, 15) is 4.79 Å². The van der Waals surface area contributed by atoms with Crippen LogP contribution in [0.4, 0.5) is 0 Å². The Morgan fingerprint density at radius 3 is 2.90 bits per heavy atom. The van der Waals surface area contributed by atoms with Gasteiger partial charge in [0.25, 0.3) is 0 Å². The highest BCUT2D eigenvalue weighted by Crippen LogP contribution is 2.24. The molecule has 1 heterocycles. The lowest BCUT2D eigenvalue weighted by Crippen LogP contribution is -2.40. The Hall–Kier alpha value is -1.75. The van der Waals surface area contributed by atoms with E-state index in [0.29, 0.717) is 6.54 Å². The van der Waals surface area contributed by atoms with Gasteiger partial charge in [-0.25, -0.2) is 0 Å². The zero-order chi connectivity index (χ0) is 14.4. The molecule has 1 fully saturated rings. The molecule has 0 aromatic heterocycles. The molecule has 5 nitrogen and oxygen atoms in total. The molecule has 0 aliphatic carbocycles. The van der Waals surface area contributed by atoms with Crippen LogP contribution in [0.1, 0.15) is 18.4 Å². The SMILES string of the molecule is COc1ccc(CNC(=O)[C@H]2CCCNC2)c(OC)c1. The number of ether oxygens (including phenoxy) is 2. The Balaban J connectivity index is 1.94. The zero-order valence-corrected chi connectivity index (χ0v) is 12.1. The maximum absolute atomic E-state index is 12.1. The van der Waals surface area contributed by atoms with Crippen LogP contribution in [0.3, 0.4) is 0 Å². The molecule has 5 heteroatoms. The molecule has 1 saturated heterocycles. The number of hydrogen-bond donors (Lipinski definition) is 2. The molecular formula is C15H22N2O3. The highest BCUT2D eigenvalue weighted by Gasteiger charge is 2.20. The van der Waals surface area contributed by atoms with Crippen LogP contribution >= 0.6 is 0 Å². The minimum atomic E-state index is 0.0768. The second-order valence-electron chi connectivity index (χ2n) is 4.94. The van der Waals surface area contributed by atoms with Crippen molar-refractivity contribution >= 4 is 5.91 Å². The van der Waals surface area contributed by atoms with E-state index in [1.165, 1.54) is 0 Å². The van der Waals surface area contributed by atoms with Crippen LogP contribution < -0.4 is 20.1 Å². The lowest BCUT2D eigenvalue weighted by molar-refractivity contribution is -0.125. The van der Waals surface area contributed by atoms with E-state index < -0.39 is 0 Å². The Labute approximate surface area is 119 Å². The van der Waals surface area contributed by atoms with E-state index in [2.05, 4.69) is 10.6 Å². The van der Waals surface area contributed by atoms with Gasteiger partial charge in [0.1, 0.15) is 11.5 Å². The Morgan fingerprint density at radius 1 is 1.40 bits per heavy atom. The molecule has 0 spiro atoms. The molecule has 1 aliphatic heterocycles. The highest BCUT2D eigenvalue weighted by atomic mass is 16.5. The number of piperidine rings is 1. The van der Waals surface area contributed by atoms with Crippen molar-refractivity contribution in [1.29, 1.82) is 0 Å². The van der Waals surface area contributed by atoms with E-state index >= 15 is 0 Å². The van der Waals surface area contributed by atoms with Crippen molar-refractivity contribution in [3.63, 3.8) is 0 Å². The molecule has 0 bridgehead atoms. The van der Waals surface area contributed by atoms with Crippen molar-refractivity contribution in [2.75, 3.05) is 27.3 Å². The maximum atomic E-state index is 12.1. The molecule has 110 valence electrons. The van der Waals surface area contributed by atoms with Gasteiger partial charge in [-0.05, 0) is 31.5 Å². The first-order chi connectivity index (χ1) is 9.74. The first kappa shape index (κ1) is 14.7. The van der Waals surface area contributed by atoms with Crippen LogP contribution in [-0.2, 0) is 11.3 Å². The Morgan fingerprint density at radius 2 is 2.25 bits per heavy atom. The topological polar surface area (TPSA) is 59.6 Å². The fourth-order valence-electron chi connectivity index (χ4n) is 2.40. The number of amides is 1. The number of nitrogens with one attached hydrogen (secondary N) is 2. The quantitative estimate of drug-likeness (QED) is 0.853. The fourth-order valence-corrected chi connectivity index (χ4v) is 2.40. The van der Waals surface area contributed by atoms with Gasteiger partial charge in [-0.3, -0.25) is 4.79 Å². The van der Waals surface area contributed by atoms with Crippen LogP contribution in [0.15, 0.2) is 18.2 Å². The van der Waals surface area contributed by atoms with Crippen LogP contribution in [-0.4, -0.2) is 33.2 Å². The van der Waals surface area contributed by atoms with Crippen LogP contribution in [0, 0.1) is 5.92 Å². The van der Waals surface area contributed by atoms with Crippen LogP contribution in [0.25, 0.3) is 0 Å². The van der Waals surface area contributed by atoms with Crippen LogP contribution in [0.5, 0.6) is 11.5 Å². The van der Waals surface area contributed by atoms with E-state index in [-0.39, 0.29) is 11.8 Å². The van der Waals surface area contributed by atoms with Gasteiger partial charge < -0.3 is 20.1 Å². The zero-order valence-electron chi connectivity index (χ0n) is 12.1. The summed E-state index contributed by atoms with van der Waals surface area (Å²) in [7, 11) is 3.23. The molecule has 2 rings (SSSR count). The molecule has 1 amide bonds. The minimum absolute atomic E-state index is 0.0768. The van der Waals surface area contributed by atoms with Crippen molar-refractivity contribution in [3.8, 4) is 11.5 Å². The summed E-state index contributed by atoms with van der Waals surface area (Å²) in [6, 6.07) is 5.60. The predicted octanol–water partition coefficient (Wildman–Crippen LogP) is 1.32. The summed E-state index contributed by atoms with van der Waals surface area (Å²) >= 11 is 0. The molecule has 0 unspecified atom stereocenters. The van der Waals surface area contributed by atoms with E-state index in [1.807, 2.05) is 18.2 Å². The molecular weight excluding hydrogens is 256 g/mol. The van der Waals surface area contributed by atoms with Crippen molar-refractivity contribution in [2.24, 2.45) is 5.92 Å². The summed E-state index contributed by atoms with van der Waals surface area (Å²) in [6.45, 7) is 2.25. The summed E-state index contributed by atoms with van der Waals surface area (Å²) < 4.78 is 10.5. The number of carbonyl (C=O) groups is 1. The molecule has 1 aromatic rings. The summed E-state index contributed by atoms with van der Waals surface area (Å²) in [4.78, 5) is 12.1. The minimum Gasteiger partial charge on any atom is -0.497 e. The molecule has 1 aromatic carbocycles. The summed E-state index contributed by atoms with van der Waals surface area (Å²) in [5, 5.41) is 6.23. The van der Waals surface area contributed by atoms with Crippen molar-refractivity contribution < 1.29 is 14.3 Å². The van der Waals surface area contributed by atoms with E-state index in [0.717, 1.165) is 43.0 Å². The second-order valence-corrected chi connectivity index (χ2v) is 4.94. The third-order valence-electron chi connectivity index (χ3n) is 3.61. The van der Waals surface area contributed by atoms with E-state index in [1.54, 1.807) is 14.2 Å². The van der Waals surface area contributed by atoms with Gasteiger partial charge in [0.05, 0.1) is 20.1 Å². The Kier molecular flexibility index (Phi) is 5.24. The second kappa shape index (κ2) is 7.14. The van der Waals surface area contributed by atoms with Gasteiger partial charge >= 0.3 is 0 Å². The standard InChI is InChI=1S/C15H22N2O3/c1-19-13-6-5-11(14(8-13)20-2)10-17-15(18)12-4-3-7-16-9-12/h5-6,8,12,16H,3-4,7,9-10H2,1-2H3,(H,17,18)/t12-/m0/s1. The number of benzene rings is 1. The molecule has 1 aliphatic rings. The maximum Gasteiger partial charge on any atom is 0.224 e. The van der Waals surface area contributed by atoms with Gasteiger partial charge in [0.2, 0.25) is 5.91 Å². The lowest BCUT2D eigenvalue weighted by atomic mass is 9.99. The molecule has 0 saturated carbocycles. The van der Waals surface area contributed by atoms with Gasteiger partial charge in [-0.15, -0.1) is 0 Å². The van der Waals surface area contributed by atoms with Gasteiger partial charge in [0.15, 0.2) is 0 Å². The number of carbonyl (C=O) groups excluding carboxylic acids is 1. The van der Waals surface area contributed by atoms with Gasteiger partial charge in [0, 0.05) is 24.7 Å². The number of hydrogen-bond acceptors (Lipinski definition) is 4. The summed E-state index contributed by atoms with van der Waals surface area (Å²) in [5.41, 5.74) is 0.949. The fraction of sp³-hybridized carbons (Fsp3) is 0.533. The summed E-state index contributed by atoms with van der Waals surface area (Å²) in [6.07, 6.45) is 2.02. The highest BCUT2D eigenvalue weighted by molar-refractivity contribution is 5.79. The normalized spacial score (nSPS) is 18.4. The number of methoxy groups -OCH3 is 2. The molecule has 0 radical (unpaired) electrons. The Bertz CT molecular complexity index is 456. The van der Waals surface area contributed by atoms with Crippen LogP contribution in [0.2, 0.25) is 0 Å². The molecule has 2 N–H and O–H groups in total. The average molecular weight is 278 g/mol. The smallest absolute Gasteiger partial charge is 0.224 e. The predicted molar refractivity (Wildman–Crippen MR) is 77.0 cm³/mol. The van der Waals surface area contributed by atoms with Gasteiger partial charge in [-0.2, -0.15) is 0 Å². The first-order valence-electron chi connectivity index (χ1n) is 6.94. The molecule has 1 atom stereocenters. The molecule has 20 heavy (non-hydrogen) atoms. The van der Waals surface area contributed by atoms with Gasteiger partial charge in [-0.1, -0.05) is 0 Å². The first-order valence-corrected chi connectivity index (χ1v) is 6.94. The summed E-state index contributed by atoms with van der Waals surface area (Å²) in [5.74, 6) is 1.66. The van der Waals surface area contributed by atoms with Crippen molar-refractivity contribution in [2.45, 2.75) is 19.4 Å². The number of rotatable bonds is 5. The van der Waals surface area contributed by atoms with Crippen molar-refractivity contribution in [3.05, 3.63) is 23.8 Å². The average Bonchev–Trinajstić information content (AvgIpc) is 2.53. The largest absolute Gasteiger partial charge is 0.497 e. The van der Waals surface area contributed by atoms with Crippen molar-refractivity contribution in [1.82, 2.24) is 10.6 Å². The third-order valence-corrected chi connectivity index (χ3v) is 3.61. The van der Waals surface area contributed by atoms with E-state index in [4.69, 9.17) is 9.47 Å². The third kappa shape index (κ3) is 3.63. The monoisotopic (exact) mass is 278 g/mol. The lowest BCUT2D eigenvalue weighted by Gasteiger charge is -2.22.